The lowest BCUT2D eigenvalue weighted by Gasteiger charge is -2.41. The summed E-state index contributed by atoms with van der Waals surface area (Å²) in [6.45, 7) is 2.45. The van der Waals surface area contributed by atoms with Crippen LogP contribution in [0, 0.1) is 5.92 Å². The van der Waals surface area contributed by atoms with E-state index in [0.717, 1.165) is 25.2 Å². The first kappa shape index (κ1) is 15.2. The Morgan fingerprint density at radius 3 is 2.83 bits per heavy atom. The second kappa shape index (κ2) is 5.63. The van der Waals surface area contributed by atoms with E-state index < -0.39 is 17.4 Å². The van der Waals surface area contributed by atoms with Crippen LogP contribution in [0.2, 0.25) is 0 Å². The van der Waals surface area contributed by atoms with Crippen molar-refractivity contribution in [3.63, 3.8) is 0 Å². The minimum absolute atomic E-state index is 0.111. The number of carboxylic acids is 1. The number of nitrogens with zero attached hydrogens (tertiary/aromatic N) is 1. The van der Waals surface area contributed by atoms with Gasteiger partial charge in [0.1, 0.15) is 0 Å². The van der Waals surface area contributed by atoms with E-state index in [2.05, 4.69) is 39.5 Å². The van der Waals surface area contributed by atoms with Crippen LogP contribution in [-0.4, -0.2) is 45.5 Å². The molecule has 1 aromatic carbocycles. The molecule has 2 aliphatic rings. The number of carbonyl (C=O) groups excluding carboxylic acids is 1. The smallest absolute Gasteiger partial charge is 0.309 e. The van der Waals surface area contributed by atoms with Crippen LogP contribution in [0.4, 0.5) is 0 Å². The van der Waals surface area contributed by atoms with Crippen LogP contribution in [0.15, 0.2) is 30.5 Å². The van der Waals surface area contributed by atoms with Gasteiger partial charge in [0.25, 0.3) is 0 Å². The van der Waals surface area contributed by atoms with Crippen LogP contribution in [-0.2, 0) is 16.1 Å². The highest BCUT2D eigenvalue weighted by Gasteiger charge is 2.51. The van der Waals surface area contributed by atoms with Crippen molar-refractivity contribution in [1.82, 2.24) is 15.2 Å². The highest BCUT2D eigenvalue weighted by atomic mass is 16.4. The number of aromatic amines is 1. The van der Waals surface area contributed by atoms with Gasteiger partial charge in [-0.1, -0.05) is 6.07 Å². The average Bonchev–Trinajstić information content (AvgIpc) is 3.14. The average molecular weight is 327 g/mol. The minimum Gasteiger partial charge on any atom is -0.481 e. The van der Waals surface area contributed by atoms with Gasteiger partial charge in [0.2, 0.25) is 5.91 Å². The molecule has 0 saturated carbocycles. The number of likely N-dealkylation sites (tertiary alicyclic amines) is 1. The third-order valence-electron chi connectivity index (χ3n) is 5.52. The van der Waals surface area contributed by atoms with Crippen LogP contribution in [0.25, 0.3) is 10.9 Å². The van der Waals surface area contributed by atoms with Gasteiger partial charge in [-0.2, -0.15) is 0 Å². The molecule has 1 atom stereocenters. The maximum Gasteiger partial charge on any atom is 0.309 e. The fraction of sp³-hybridized carbons (Fsp3) is 0.444. The van der Waals surface area contributed by atoms with Crippen molar-refractivity contribution in [2.24, 2.45) is 5.92 Å². The number of amides is 1. The maximum absolute atomic E-state index is 11.7. The molecular formula is C18H21N3O3. The minimum atomic E-state index is -0.861. The Balaban J connectivity index is 1.44. The number of carboxylic acid groups (broad SMARTS) is 1. The zero-order valence-electron chi connectivity index (χ0n) is 13.4. The van der Waals surface area contributed by atoms with Gasteiger partial charge >= 0.3 is 5.97 Å². The standard InChI is InChI=1S/C18H21N3O3/c22-16-10-14(17(23)24)18(20-16)4-7-21(8-5-18)11-12-1-2-15-13(9-12)3-6-19-15/h1-3,6,9,14,19H,4-5,7-8,10-11H2,(H,20,22)(H,23,24). The molecule has 2 aliphatic heterocycles. The van der Waals surface area contributed by atoms with Gasteiger partial charge in [-0.05, 0) is 42.0 Å². The third kappa shape index (κ3) is 2.57. The normalized spacial score (nSPS) is 23.7. The van der Waals surface area contributed by atoms with E-state index in [4.69, 9.17) is 0 Å². The number of H-pyrrole nitrogens is 1. The third-order valence-corrected chi connectivity index (χ3v) is 5.52. The lowest BCUT2D eigenvalue weighted by atomic mass is 9.77. The first-order valence-corrected chi connectivity index (χ1v) is 8.38. The van der Waals surface area contributed by atoms with E-state index in [1.165, 1.54) is 10.9 Å². The number of hydrogen-bond acceptors (Lipinski definition) is 3. The zero-order valence-corrected chi connectivity index (χ0v) is 13.4. The van der Waals surface area contributed by atoms with Gasteiger partial charge in [-0.25, -0.2) is 0 Å². The number of fused-ring (bicyclic) bond motifs is 1. The first-order chi connectivity index (χ1) is 11.6. The summed E-state index contributed by atoms with van der Waals surface area (Å²) in [5.41, 5.74) is 1.84. The number of nitrogens with one attached hydrogen (secondary N) is 2. The summed E-state index contributed by atoms with van der Waals surface area (Å²) in [6.07, 6.45) is 3.44. The molecule has 3 heterocycles. The van der Waals surface area contributed by atoms with Crippen molar-refractivity contribution in [3.05, 3.63) is 36.0 Å². The number of rotatable bonds is 3. The Labute approximate surface area is 139 Å². The van der Waals surface area contributed by atoms with E-state index >= 15 is 0 Å². The summed E-state index contributed by atoms with van der Waals surface area (Å²) < 4.78 is 0. The lowest BCUT2D eigenvalue weighted by molar-refractivity contribution is -0.144. The molecule has 126 valence electrons. The highest BCUT2D eigenvalue weighted by Crippen LogP contribution is 2.37. The molecule has 6 heteroatoms. The van der Waals surface area contributed by atoms with Crippen LogP contribution < -0.4 is 5.32 Å². The van der Waals surface area contributed by atoms with Crippen molar-refractivity contribution in [3.8, 4) is 0 Å². The Hall–Kier alpha value is -2.34. The first-order valence-electron chi connectivity index (χ1n) is 8.38. The fourth-order valence-electron chi connectivity index (χ4n) is 4.16. The fourth-order valence-corrected chi connectivity index (χ4v) is 4.16. The van der Waals surface area contributed by atoms with Crippen molar-refractivity contribution in [2.45, 2.75) is 31.3 Å². The summed E-state index contributed by atoms with van der Waals surface area (Å²) in [4.78, 5) is 28.7. The molecular weight excluding hydrogens is 306 g/mol. The number of piperidine rings is 1. The van der Waals surface area contributed by atoms with Gasteiger partial charge < -0.3 is 15.4 Å². The Morgan fingerprint density at radius 1 is 1.29 bits per heavy atom. The molecule has 1 unspecified atom stereocenters. The van der Waals surface area contributed by atoms with Crippen molar-refractivity contribution >= 4 is 22.8 Å². The second-order valence-corrected chi connectivity index (χ2v) is 6.97. The predicted molar refractivity (Wildman–Crippen MR) is 89.4 cm³/mol. The summed E-state index contributed by atoms with van der Waals surface area (Å²) >= 11 is 0. The molecule has 0 bridgehead atoms. The quantitative estimate of drug-likeness (QED) is 0.801. The van der Waals surface area contributed by atoms with Crippen molar-refractivity contribution in [1.29, 1.82) is 0 Å². The van der Waals surface area contributed by atoms with Crippen LogP contribution >= 0.6 is 0 Å². The Bertz CT molecular complexity index is 790. The van der Waals surface area contributed by atoms with E-state index in [9.17, 15) is 14.7 Å². The second-order valence-electron chi connectivity index (χ2n) is 6.97. The monoisotopic (exact) mass is 327 g/mol. The number of benzene rings is 1. The predicted octanol–water partition coefficient (Wildman–Crippen LogP) is 1.72. The topological polar surface area (TPSA) is 85.4 Å². The van der Waals surface area contributed by atoms with Crippen LogP contribution in [0.5, 0.6) is 0 Å². The van der Waals surface area contributed by atoms with E-state index in [1.54, 1.807) is 0 Å². The molecule has 0 radical (unpaired) electrons. The lowest BCUT2D eigenvalue weighted by Crippen LogP contribution is -2.55. The van der Waals surface area contributed by atoms with Crippen LogP contribution in [0.1, 0.15) is 24.8 Å². The van der Waals surface area contributed by atoms with Crippen molar-refractivity contribution < 1.29 is 14.7 Å². The van der Waals surface area contributed by atoms with E-state index in [0.29, 0.717) is 12.8 Å². The summed E-state index contributed by atoms with van der Waals surface area (Å²) in [5.74, 6) is -1.59. The van der Waals surface area contributed by atoms with Gasteiger partial charge in [-0.3, -0.25) is 14.5 Å². The molecule has 2 fully saturated rings. The molecule has 2 aromatic rings. The summed E-state index contributed by atoms with van der Waals surface area (Å²) in [7, 11) is 0. The zero-order chi connectivity index (χ0) is 16.7. The van der Waals surface area contributed by atoms with Gasteiger partial charge in [0.05, 0.1) is 11.5 Å². The molecule has 1 amide bonds. The van der Waals surface area contributed by atoms with E-state index in [1.807, 2.05) is 6.20 Å². The van der Waals surface area contributed by atoms with Crippen LogP contribution in [0.3, 0.4) is 0 Å². The van der Waals surface area contributed by atoms with Crippen molar-refractivity contribution in [2.75, 3.05) is 13.1 Å². The van der Waals surface area contributed by atoms with E-state index in [-0.39, 0.29) is 12.3 Å². The molecule has 24 heavy (non-hydrogen) atoms. The SMILES string of the molecule is O=C1CC(C(=O)O)C2(CCN(Cc3ccc4[nH]ccc4c3)CC2)N1. The molecule has 3 N–H and O–H groups in total. The van der Waals surface area contributed by atoms with Gasteiger partial charge in [-0.15, -0.1) is 0 Å². The number of aromatic nitrogens is 1. The highest BCUT2D eigenvalue weighted by molar-refractivity contribution is 5.88. The molecule has 0 aliphatic carbocycles. The Kier molecular flexibility index (Phi) is 3.57. The molecule has 6 nitrogen and oxygen atoms in total. The number of aliphatic carboxylic acids is 1. The summed E-state index contributed by atoms with van der Waals surface area (Å²) in [6, 6.07) is 8.47. The van der Waals surface area contributed by atoms with Gasteiger partial charge in [0.15, 0.2) is 0 Å². The molecule has 1 aromatic heterocycles. The number of hydrogen-bond donors (Lipinski definition) is 3. The maximum atomic E-state index is 11.7. The largest absolute Gasteiger partial charge is 0.481 e. The Morgan fingerprint density at radius 2 is 2.08 bits per heavy atom. The summed E-state index contributed by atoms with van der Waals surface area (Å²) in [5, 5.41) is 13.6. The molecule has 2 saturated heterocycles. The number of carbonyl (C=O) groups is 2. The molecule has 1 spiro atoms. The van der Waals surface area contributed by atoms with Gasteiger partial charge in [0, 0.05) is 37.8 Å². The molecule has 4 rings (SSSR count).